The van der Waals surface area contributed by atoms with E-state index >= 15 is 0 Å². The molecule has 0 saturated heterocycles. The number of tetrazole rings is 1. The molecular formula is C16H12BrFIN5. The first kappa shape index (κ1) is 15.9. The Kier molecular flexibility index (Phi) is 4.25. The van der Waals surface area contributed by atoms with Crippen LogP contribution in [-0.2, 0) is 0 Å². The van der Waals surface area contributed by atoms with E-state index in [9.17, 15) is 4.39 Å². The highest BCUT2D eigenvalue weighted by Crippen LogP contribution is 2.38. The Morgan fingerprint density at radius 3 is 2.79 bits per heavy atom. The van der Waals surface area contributed by atoms with Gasteiger partial charge < -0.3 is 5.32 Å². The lowest BCUT2D eigenvalue weighted by molar-refractivity contribution is 0.409. The summed E-state index contributed by atoms with van der Waals surface area (Å²) in [5.41, 5.74) is 1.71. The second-order valence-corrected chi connectivity index (χ2v) is 7.77. The van der Waals surface area contributed by atoms with Crippen molar-refractivity contribution in [3.63, 3.8) is 0 Å². The van der Waals surface area contributed by atoms with E-state index in [0.717, 1.165) is 10.0 Å². The topological polar surface area (TPSA) is 55.6 Å². The number of hydrogen-bond acceptors (Lipinski definition) is 4. The van der Waals surface area contributed by atoms with Crippen LogP contribution in [0.15, 0.2) is 46.9 Å². The molecular weight excluding hydrogens is 488 g/mol. The lowest BCUT2D eigenvalue weighted by Gasteiger charge is -2.31. The minimum atomic E-state index is -0.266. The number of fused-ring (bicyclic) bond motifs is 1. The fraction of sp³-hybridized carbons (Fsp3) is 0.188. The third kappa shape index (κ3) is 2.92. The predicted molar refractivity (Wildman–Crippen MR) is 100 cm³/mol. The standard InChI is InChI=1S/C16H12BrFIN5/c17-10-3-6-13(18)12(7-10)15-8-14(9-1-4-11(19)5-2-9)20-16-21-22-23-24(15)16/h1-7,14-15H,8H2,(H,20,21,23). The molecule has 0 spiro atoms. The van der Waals surface area contributed by atoms with Gasteiger partial charge in [-0.05, 0) is 75.3 Å². The highest BCUT2D eigenvalue weighted by molar-refractivity contribution is 14.1. The molecule has 4 rings (SSSR count). The summed E-state index contributed by atoms with van der Waals surface area (Å²) in [4.78, 5) is 0. The van der Waals surface area contributed by atoms with Crippen LogP contribution >= 0.6 is 38.5 Å². The van der Waals surface area contributed by atoms with Crippen molar-refractivity contribution in [2.75, 3.05) is 5.32 Å². The summed E-state index contributed by atoms with van der Waals surface area (Å²) in [7, 11) is 0. The number of nitrogens with zero attached hydrogens (tertiary/aromatic N) is 4. The van der Waals surface area contributed by atoms with Crippen molar-refractivity contribution in [1.29, 1.82) is 0 Å². The third-order valence-corrected chi connectivity index (χ3v) is 5.35. The van der Waals surface area contributed by atoms with E-state index in [4.69, 9.17) is 0 Å². The van der Waals surface area contributed by atoms with Crippen molar-refractivity contribution >= 4 is 44.5 Å². The molecule has 0 bridgehead atoms. The Balaban J connectivity index is 1.76. The first-order valence-corrected chi connectivity index (χ1v) is 9.24. The minimum Gasteiger partial charge on any atom is -0.346 e. The fourth-order valence-corrected chi connectivity index (χ4v) is 3.72. The van der Waals surface area contributed by atoms with Gasteiger partial charge in [0, 0.05) is 13.6 Å². The van der Waals surface area contributed by atoms with Gasteiger partial charge in [0.2, 0.25) is 5.95 Å². The normalized spacial score (nSPS) is 19.6. The molecule has 1 aromatic heterocycles. The summed E-state index contributed by atoms with van der Waals surface area (Å²) >= 11 is 5.69. The predicted octanol–water partition coefficient (Wildman–Crippen LogP) is 4.33. The molecule has 5 nitrogen and oxygen atoms in total. The van der Waals surface area contributed by atoms with Crippen LogP contribution in [-0.4, -0.2) is 20.2 Å². The Morgan fingerprint density at radius 1 is 1.21 bits per heavy atom. The molecule has 1 aliphatic heterocycles. The summed E-state index contributed by atoms with van der Waals surface area (Å²) in [6, 6.07) is 13.0. The van der Waals surface area contributed by atoms with E-state index in [-0.39, 0.29) is 17.9 Å². The number of halogens is 3. The second kappa shape index (κ2) is 6.40. The molecule has 0 radical (unpaired) electrons. The summed E-state index contributed by atoms with van der Waals surface area (Å²) in [6.45, 7) is 0. The highest BCUT2D eigenvalue weighted by atomic mass is 127. The van der Waals surface area contributed by atoms with Crippen LogP contribution in [0.2, 0.25) is 0 Å². The molecule has 24 heavy (non-hydrogen) atoms. The van der Waals surface area contributed by atoms with Crippen molar-refractivity contribution in [1.82, 2.24) is 20.2 Å². The monoisotopic (exact) mass is 499 g/mol. The molecule has 0 aliphatic carbocycles. The van der Waals surface area contributed by atoms with E-state index in [0.29, 0.717) is 17.9 Å². The molecule has 2 unspecified atom stereocenters. The highest BCUT2D eigenvalue weighted by Gasteiger charge is 2.32. The van der Waals surface area contributed by atoms with Crippen LogP contribution in [0.3, 0.4) is 0 Å². The molecule has 2 heterocycles. The molecule has 0 amide bonds. The Bertz CT molecular complexity index is 882. The zero-order chi connectivity index (χ0) is 16.7. The van der Waals surface area contributed by atoms with Gasteiger partial charge in [-0.3, -0.25) is 0 Å². The molecule has 2 aromatic carbocycles. The zero-order valence-electron chi connectivity index (χ0n) is 12.3. The van der Waals surface area contributed by atoms with E-state index in [1.165, 1.54) is 9.64 Å². The summed E-state index contributed by atoms with van der Waals surface area (Å²) < 4.78 is 18.1. The van der Waals surface area contributed by atoms with Gasteiger partial charge in [-0.1, -0.05) is 33.2 Å². The number of anilines is 1. The van der Waals surface area contributed by atoms with E-state index in [1.54, 1.807) is 16.8 Å². The van der Waals surface area contributed by atoms with Gasteiger partial charge in [0.25, 0.3) is 0 Å². The molecule has 0 saturated carbocycles. The van der Waals surface area contributed by atoms with Gasteiger partial charge in [-0.25, -0.2) is 9.07 Å². The molecule has 2 atom stereocenters. The molecule has 0 fully saturated rings. The average Bonchev–Trinajstić information content (AvgIpc) is 3.05. The van der Waals surface area contributed by atoms with Gasteiger partial charge in [0.15, 0.2) is 0 Å². The van der Waals surface area contributed by atoms with Crippen LogP contribution in [0.25, 0.3) is 0 Å². The van der Waals surface area contributed by atoms with Crippen molar-refractivity contribution in [2.24, 2.45) is 0 Å². The largest absolute Gasteiger partial charge is 0.346 e. The lowest BCUT2D eigenvalue weighted by atomic mass is 9.93. The number of benzene rings is 2. The van der Waals surface area contributed by atoms with Gasteiger partial charge in [0.05, 0.1) is 12.1 Å². The quantitative estimate of drug-likeness (QED) is 0.533. The minimum absolute atomic E-state index is 0.0175. The first-order valence-electron chi connectivity index (χ1n) is 7.36. The van der Waals surface area contributed by atoms with Crippen LogP contribution in [0.4, 0.5) is 10.3 Å². The van der Waals surface area contributed by atoms with Gasteiger partial charge in [0.1, 0.15) is 5.82 Å². The Hall–Kier alpha value is -1.55. The van der Waals surface area contributed by atoms with Crippen molar-refractivity contribution in [2.45, 2.75) is 18.5 Å². The maximum atomic E-state index is 14.4. The smallest absolute Gasteiger partial charge is 0.243 e. The van der Waals surface area contributed by atoms with Gasteiger partial charge in [-0.15, -0.1) is 0 Å². The summed E-state index contributed by atoms with van der Waals surface area (Å²) in [5.74, 6) is 0.294. The van der Waals surface area contributed by atoms with Crippen molar-refractivity contribution in [3.8, 4) is 0 Å². The van der Waals surface area contributed by atoms with Crippen LogP contribution in [0, 0.1) is 9.39 Å². The summed E-state index contributed by atoms with van der Waals surface area (Å²) in [6.07, 6.45) is 0.659. The van der Waals surface area contributed by atoms with E-state index in [2.05, 4.69) is 83.6 Å². The molecule has 1 aliphatic rings. The SMILES string of the molecule is Fc1ccc(Br)cc1C1CC(c2ccc(I)cc2)Nc2nnnn21. The maximum Gasteiger partial charge on any atom is 0.243 e. The number of hydrogen-bond donors (Lipinski definition) is 1. The fourth-order valence-electron chi connectivity index (χ4n) is 2.98. The molecule has 122 valence electrons. The summed E-state index contributed by atoms with van der Waals surface area (Å²) in [5, 5.41) is 15.1. The van der Waals surface area contributed by atoms with Gasteiger partial charge >= 0.3 is 0 Å². The van der Waals surface area contributed by atoms with Crippen LogP contribution in [0.1, 0.15) is 29.6 Å². The van der Waals surface area contributed by atoms with E-state index < -0.39 is 0 Å². The zero-order valence-corrected chi connectivity index (χ0v) is 16.1. The van der Waals surface area contributed by atoms with Crippen LogP contribution < -0.4 is 5.32 Å². The number of aromatic nitrogens is 4. The lowest BCUT2D eigenvalue weighted by Crippen LogP contribution is -2.28. The second-order valence-electron chi connectivity index (χ2n) is 5.61. The third-order valence-electron chi connectivity index (χ3n) is 4.14. The molecule has 3 aromatic rings. The maximum absolute atomic E-state index is 14.4. The molecule has 1 N–H and O–H groups in total. The Labute approximate surface area is 159 Å². The number of nitrogens with one attached hydrogen (secondary N) is 1. The van der Waals surface area contributed by atoms with Crippen molar-refractivity contribution < 1.29 is 4.39 Å². The van der Waals surface area contributed by atoms with Crippen LogP contribution in [0.5, 0.6) is 0 Å². The van der Waals surface area contributed by atoms with Gasteiger partial charge in [-0.2, -0.15) is 0 Å². The number of rotatable bonds is 2. The molecule has 8 heteroatoms. The Morgan fingerprint density at radius 2 is 2.00 bits per heavy atom. The average molecular weight is 500 g/mol. The van der Waals surface area contributed by atoms with E-state index in [1.807, 2.05) is 0 Å². The van der Waals surface area contributed by atoms with Crippen molar-refractivity contribution in [3.05, 3.63) is 67.5 Å². The first-order chi connectivity index (χ1) is 11.6.